The molecule has 0 spiro atoms. The molecular formula is C19H16Cl2N2O3S. The lowest BCUT2D eigenvalue weighted by Gasteiger charge is -2.23. The molecule has 1 aromatic heterocycles. The molecule has 0 N–H and O–H groups in total. The maximum atomic E-state index is 11.7. The van der Waals surface area contributed by atoms with Gasteiger partial charge in [0, 0.05) is 34.3 Å². The summed E-state index contributed by atoms with van der Waals surface area (Å²) in [6, 6.07) is 9.96. The highest BCUT2D eigenvalue weighted by Gasteiger charge is 2.37. The molecule has 3 aromatic rings. The van der Waals surface area contributed by atoms with Crippen molar-refractivity contribution in [3.63, 3.8) is 0 Å². The van der Waals surface area contributed by atoms with Crippen molar-refractivity contribution in [2.75, 3.05) is 6.26 Å². The molecule has 0 radical (unpaired) electrons. The van der Waals surface area contributed by atoms with E-state index in [2.05, 4.69) is 4.98 Å². The molecule has 5 nitrogen and oxygen atoms in total. The van der Waals surface area contributed by atoms with Crippen molar-refractivity contribution in [3.05, 3.63) is 76.3 Å². The van der Waals surface area contributed by atoms with Gasteiger partial charge in [-0.3, -0.25) is 0 Å². The lowest BCUT2D eigenvalue weighted by Crippen LogP contribution is -2.18. The smallest absolute Gasteiger partial charge is 0.175 e. The van der Waals surface area contributed by atoms with Crippen LogP contribution in [0.15, 0.2) is 60.0 Å². The van der Waals surface area contributed by atoms with Gasteiger partial charge in [-0.25, -0.2) is 13.4 Å². The van der Waals surface area contributed by atoms with Gasteiger partial charge in [0.2, 0.25) is 0 Å². The van der Waals surface area contributed by atoms with E-state index >= 15 is 0 Å². The summed E-state index contributed by atoms with van der Waals surface area (Å²) in [6.07, 6.45) is 6.89. The van der Waals surface area contributed by atoms with Crippen LogP contribution in [0.2, 0.25) is 10.0 Å². The number of ether oxygens (including phenoxy) is 1. The van der Waals surface area contributed by atoms with E-state index in [-0.39, 0.29) is 17.0 Å². The number of sulfone groups is 1. The van der Waals surface area contributed by atoms with E-state index in [1.165, 1.54) is 18.4 Å². The van der Waals surface area contributed by atoms with E-state index in [0.29, 0.717) is 22.2 Å². The standard InChI is InChI=1S/C19H16Cl2N2O3S/c1-27(24,25)14-4-2-13(3-5-14)26-19-16-8-12(20)9-17(21)15(16)10-18(19)23-7-6-22-11-23/h2-9,11,18-19H,10H2,1H3. The molecule has 2 atom stereocenters. The zero-order valence-corrected chi connectivity index (χ0v) is 16.7. The molecule has 0 aliphatic heterocycles. The third-order valence-electron chi connectivity index (χ3n) is 4.69. The molecule has 0 amide bonds. The first kappa shape index (κ1) is 18.3. The molecule has 1 aliphatic rings. The van der Waals surface area contributed by atoms with E-state index < -0.39 is 9.84 Å². The quantitative estimate of drug-likeness (QED) is 0.620. The Morgan fingerprint density at radius 2 is 1.93 bits per heavy atom. The summed E-state index contributed by atoms with van der Waals surface area (Å²) in [5.74, 6) is 0.571. The Morgan fingerprint density at radius 3 is 2.56 bits per heavy atom. The van der Waals surface area contributed by atoms with Crippen LogP contribution in [0, 0.1) is 0 Å². The summed E-state index contributed by atoms with van der Waals surface area (Å²) in [4.78, 5) is 4.38. The Hall–Kier alpha value is -2.02. The fraction of sp³-hybridized carbons (Fsp3) is 0.211. The van der Waals surface area contributed by atoms with Crippen molar-refractivity contribution in [1.29, 1.82) is 0 Å². The zero-order valence-electron chi connectivity index (χ0n) is 14.3. The molecule has 1 heterocycles. The molecule has 4 rings (SSSR count). The van der Waals surface area contributed by atoms with E-state index in [0.717, 1.165) is 11.1 Å². The summed E-state index contributed by atoms with van der Waals surface area (Å²) >= 11 is 12.6. The minimum atomic E-state index is -3.26. The van der Waals surface area contributed by atoms with Gasteiger partial charge < -0.3 is 9.30 Å². The van der Waals surface area contributed by atoms with Crippen molar-refractivity contribution in [2.24, 2.45) is 0 Å². The Labute approximate surface area is 167 Å². The summed E-state index contributed by atoms with van der Waals surface area (Å²) in [7, 11) is -3.26. The topological polar surface area (TPSA) is 61.2 Å². The molecule has 0 fully saturated rings. The van der Waals surface area contributed by atoms with Crippen molar-refractivity contribution in [3.8, 4) is 5.75 Å². The third-order valence-corrected chi connectivity index (χ3v) is 6.37. The van der Waals surface area contributed by atoms with Crippen molar-refractivity contribution < 1.29 is 13.2 Å². The van der Waals surface area contributed by atoms with Gasteiger partial charge in [0.1, 0.15) is 11.9 Å². The van der Waals surface area contributed by atoms with Gasteiger partial charge >= 0.3 is 0 Å². The van der Waals surface area contributed by atoms with Crippen molar-refractivity contribution >= 4 is 33.0 Å². The fourth-order valence-electron chi connectivity index (χ4n) is 3.40. The number of nitrogens with zero attached hydrogens (tertiary/aromatic N) is 2. The second kappa shape index (κ2) is 6.86. The van der Waals surface area contributed by atoms with Crippen LogP contribution < -0.4 is 4.74 Å². The van der Waals surface area contributed by atoms with Crippen LogP contribution in [-0.4, -0.2) is 24.2 Å². The van der Waals surface area contributed by atoms with Crippen LogP contribution in [0.1, 0.15) is 23.3 Å². The summed E-state index contributed by atoms with van der Waals surface area (Å²) in [5, 5.41) is 1.16. The first-order valence-electron chi connectivity index (χ1n) is 8.25. The van der Waals surface area contributed by atoms with E-state index in [9.17, 15) is 8.42 Å². The van der Waals surface area contributed by atoms with Crippen LogP contribution in [0.4, 0.5) is 0 Å². The van der Waals surface area contributed by atoms with Gasteiger partial charge in [0.25, 0.3) is 0 Å². The molecule has 8 heteroatoms. The van der Waals surface area contributed by atoms with E-state index in [1.807, 2.05) is 16.8 Å². The van der Waals surface area contributed by atoms with Crippen LogP contribution in [-0.2, 0) is 16.3 Å². The Morgan fingerprint density at radius 1 is 1.19 bits per heavy atom. The van der Waals surface area contributed by atoms with Gasteiger partial charge in [0.15, 0.2) is 9.84 Å². The summed E-state index contributed by atoms with van der Waals surface area (Å²) < 4.78 is 31.5. The van der Waals surface area contributed by atoms with Crippen LogP contribution in [0.25, 0.3) is 0 Å². The number of hydrogen-bond donors (Lipinski definition) is 0. The molecule has 2 unspecified atom stereocenters. The van der Waals surface area contributed by atoms with Gasteiger partial charge in [-0.1, -0.05) is 23.2 Å². The minimum absolute atomic E-state index is 0.0342. The van der Waals surface area contributed by atoms with Crippen LogP contribution in [0.5, 0.6) is 5.75 Å². The van der Waals surface area contributed by atoms with Gasteiger partial charge in [-0.15, -0.1) is 0 Å². The highest BCUT2D eigenvalue weighted by atomic mass is 35.5. The Kier molecular flexibility index (Phi) is 4.66. The molecule has 0 bridgehead atoms. The van der Waals surface area contributed by atoms with E-state index in [4.69, 9.17) is 27.9 Å². The van der Waals surface area contributed by atoms with Gasteiger partial charge in [0.05, 0.1) is 17.3 Å². The number of fused-ring (bicyclic) bond motifs is 1. The Balaban J connectivity index is 1.72. The number of rotatable bonds is 4. The normalized spacial score (nSPS) is 19.1. The van der Waals surface area contributed by atoms with Gasteiger partial charge in [-0.2, -0.15) is 0 Å². The first-order chi connectivity index (χ1) is 12.8. The number of aromatic nitrogens is 2. The SMILES string of the molecule is CS(=O)(=O)c1ccc(OC2c3cc(Cl)cc(Cl)c3CC2n2ccnc2)cc1. The predicted molar refractivity (Wildman–Crippen MR) is 104 cm³/mol. The maximum Gasteiger partial charge on any atom is 0.175 e. The first-order valence-corrected chi connectivity index (χ1v) is 10.9. The average Bonchev–Trinajstić information content (AvgIpc) is 3.23. The van der Waals surface area contributed by atoms with Crippen molar-refractivity contribution in [2.45, 2.75) is 23.5 Å². The molecule has 1 aliphatic carbocycles. The van der Waals surface area contributed by atoms with E-state index in [1.54, 1.807) is 30.7 Å². The van der Waals surface area contributed by atoms with Crippen molar-refractivity contribution in [1.82, 2.24) is 9.55 Å². The minimum Gasteiger partial charge on any atom is -0.484 e. The molecule has 140 valence electrons. The highest BCUT2D eigenvalue weighted by molar-refractivity contribution is 7.90. The molecule has 27 heavy (non-hydrogen) atoms. The molecule has 0 saturated carbocycles. The van der Waals surface area contributed by atoms with Crippen LogP contribution >= 0.6 is 23.2 Å². The third kappa shape index (κ3) is 3.57. The highest BCUT2D eigenvalue weighted by Crippen LogP contribution is 2.46. The second-order valence-corrected chi connectivity index (χ2v) is 9.38. The maximum absolute atomic E-state index is 11.7. The molecule has 2 aromatic carbocycles. The number of halogens is 2. The second-order valence-electron chi connectivity index (χ2n) is 6.52. The lowest BCUT2D eigenvalue weighted by atomic mass is 10.1. The monoisotopic (exact) mass is 422 g/mol. The predicted octanol–water partition coefficient (Wildman–Crippen LogP) is 4.51. The average molecular weight is 423 g/mol. The molecular weight excluding hydrogens is 407 g/mol. The van der Waals surface area contributed by atoms with Crippen LogP contribution in [0.3, 0.4) is 0 Å². The number of benzene rings is 2. The molecule has 0 saturated heterocycles. The number of imidazole rings is 1. The fourth-order valence-corrected chi connectivity index (χ4v) is 4.61. The lowest BCUT2D eigenvalue weighted by molar-refractivity contribution is 0.153. The summed E-state index contributed by atoms with van der Waals surface area (Å²) in [6.45, 7) is 0. The Bertz CT molecular complexity index is 1080. The largest absolute Gasteiger partial charge is 0.484 e. The number of hydrogen-bond acceptors (Lipinski definition) is 4. The van der Waals surface area contributed by atoms with Gasteiger partial charge in [-0.05, 0) is 48.4 Å². The zero-order chi connectivity index (χ0) is 19.2. The summed E-state index contributed by atoms with van der Waals surface area (Å²) in [5.41, 5.74) is 1.93.